The summed E-state index contributed by atoms with van der Waals surface area (Å²) in [6.07, 6.45) is 1.16. The van der Waals surface area contributed by atoms with Gasteiger partial charge in [0, 0.05) is 17.9 Å². The number of nitrogens with one attached hydrogen (secondary N) is 1. The molecule has 0 aromatic heterocycles. The second-order valence-electron chi connectivity index (χ2n) is 6.65. The molecule has 4 rings (SSSR count). The van der Waals surface area contributed by atoms with E-state index in [9.17, 15) is 0 Å². The Hall–Kier alpha value is -2.09. The minimum Gasteiger partial charge on any atom is -0.372 e. The summed E-state index contributed by atoms with van der Waals surface area (Å²) in [7, 11) is 0. The Morgan fingerprint density at radius 1 is 0.909 bits per heavy atom. The molecule has 0 unspecified atom stereocenters. The van der Waals surface area contributed by atoms with Crippen molar-refractivity contribution in [3.8, 4) is 0 Å². The van der Waals surface area contributed by atoms with Gasteiger partial charge in [-0.2, -0.15) is 0 Å². The second-order valence-corrected chi connectivity index (χ2v) is 6.65. The molecule has 1 fully saturated rings. The first-order valence-electron chi connectivity index (χ1n) is 8.13. The van der Waals surface area contributed by atoms with Gasteiger partial charge in [-0.1, -0.05) is 59.7 Å². The predicted molar refractivity (Wildman–Crippen MR) is 91.5 cm³/mol. The second kappa shape index (κ2) is 4.98. The van der Waals surface area contributed by atoms with Gasteiger partial charge in [-0.25, -0.2) is 0 Å². The molecule has 1 saturated carbocycles. The van der Waals surface area contributed by atoms with Crippen molar-refractivity contribution in [3.63, 3.8) is 0 Å². The van der Waals surface area contributed by atoms with Gasteiger partial charge in [0.25, 0.3) is 0 Å². The summed E-state index contributed by atoms with van der Waals surface area (Å²) >= 11 is 0. The van der Waals surface area contributed by atoms with Gasteiger partial charge in [-0.05, 0) is 31.4 Å². The van der Waals surface area contributed by atoms with Gasteiger partial charge in [-0.3, -0.25) is 4.99 Å². The molecule has 2 nitrogen and oxygen atoms in total. The third-order valence-corrected chi connectivity index (χ3v) is 5.12. The molecule has 22 heavy (non-hydrogen) atoms. The molecule has 1 heterocycles. The van der Waals surface area contributed by atoms with Crippen LogP contribution in [0.3, 0.4) is 0 Å². The van der Waals surface area contributed by atoms with Crippen LogP contribution in [0.5, 0.6) is 0 Å². The zero-order chi connectivity index (χ0) is 15.2. The summed E-state index contributed by atoms with van der Waals surface area (Å²) in [4.78, 5) is 4.68. The minimum absolute atomic E-state index is 0.109. The maximum atomic E-state index is 4.68. The van der Waals surface area contributed by atoms with E-state index in [2.05, 4.69) is 72.7 Å². The normalized spacial score (nSPS) is 22.1. The Kier molecular flexibility index (Phi) is 3.07. The van der Waals surface area contributed by atoms with Crippen LogP contribution in [-0.2, 0) is 5.41 Å². The van der Waals surface area contributed by atoms with Gasteiger partial charge in [0.2, 0.25) is 0 Å². The molecule has 1 atom stereocenters. The van der Waals surface area contributed by atoms with E-state index in [1.807, 2.05) is 0 Å². The van der Waals surface area contributed by atoms with E-state index < -0.39 is 0 Å². The van der Waals surface area contributed by atoms with E-state index in [0.29, 0.717) is 5.92 Å². The van der Waals surface area contributed by atoms with Crippen molar-refractivity contribution in [2.24, 2.45) is 10.9 Å². The molecule has 2 aliphatic rings. The third-order valence-electron chi connectivity index (χ3n) is 5.12. The van der Waals surface area contributed by atoms with Gasteiger partial charge in [-0.15, -0.1) is 0 Å². The van der Waals surface area contributed by atoms with Crippen LogP contribution in [0.25, 0.3) is 0 Å². The summed E-state index contributed by atoms with van der Waals surface area (Å²) in [5, 5.41) is 3.49. The Balaban J connectivity index is 1.79. The highest BCUT2D eigenvalue weighted by Gasteiger charge is 2.59. The molecule has 112 valence electrons. The van der Waals surface area contributed by atoms with Crippen LogP contribution in [0.2, 0.25) is 0 Å². The predicted octanol–water partition coefficient (Wildman–Crippen LogP) is 3.61. The Morgan fingerprint density at radius 2 is 1.45 bits per heavy atom. The average Bonchev–Trinajstić information content (AvgIpc) is 3.04. The van der Waals surface area contributed by atoms with Crippen molar-refractivity contribution in [2.45, 2.75) is 25.7 Å². The first-order chi connectivity index (χ1) is 10.7. The lowest BCUT2D eigenvalue weighted by molar-refractivity contribution is 0.794. The fraction of sp³-hybridized carbons (Fsp3) is 0.350. The number of hydrogen-bond donors (Lipinski definition) is 1. The highest BCUT2D eigenvalue weighted by atomic mass is 15.1. The smallest absolute Gasteiger partial charge is 0.101 e. The molecule has 0 bridgehead atoms. The van der Waals surface area contributed by atoms with Crippen molar-refractivity contribution >= 4 is 5.84 Å². The third kappa shape index (κ3) is 2.06. The number of nitrogens with zero attached hydrogens (tertiary/aromatic N) is 1. The summed E-state index contributed by atoms with van der Waals surface area (Å²) in [6, 6.07) is 18.1. The molecular weight excluding hydrogens is 268 g/mol. The fourth-order valence-corrected chi connectivity index (χ4v) is 3.75. The summed E-state index contributed by atoms with van der Waals surface area (Å²) in [5.74, 6) is 1.71. The molecule has 1 N–H and O–H groups in total. The molecule has 2 aromatic carbocycles. The van der Waals surface area contributed by atoms with Crippen molar-refractivity contribution < 1.29 is 0 Å². The molecular formula is C20H22N2. The lowest BCUT2D eigenvalue weighted by Crippen LogP contribution is -2.25. The van der Waals surface area contributed by atoms with Gasteiger partial charge in [0.1, 0.15) is 5.84 Å². The van der Waals surface area contributed by atoms with Gasteiger partial charge in [0.05, 0.1) is 6.54 Å². The topological polar surface area (TPSA) is 24.4 Å². The van der Waals surface area contributed by atoms with Crippen LogP contribution in [0.4, 0.5) is 0 Å². The zero-order valence-electron chi connectivity index (χ0n) is 13.3. The van der Waals surface area contributed by atoms with E-state index in [1.165, 1.54) is 28.1 Å². The molecule has 1 aliphatic heterocycles. The Bertz CT molecular complexity index is 665. The van der Waals surface area contributed by atoms with Crippen molar-refractivity contribution in [2.75, 3.05) is 13.1 Å². The Labute approximate surface area is 132 Å². The molecule has 0 spiro atoms. The monoisotopic (exact) mass is 290 g/mol. The quantitative estimate of drug-likeness (QED) is 0.917. The summed E-state index contributed by atoms with van der Waals surface area (Å²) < 4.78 is 0. The van der Waals surface area contributed by atoms with Crippen molar-refractivity contribution in [3.05, 3.63) is 70.8 Å². The van der Waals surface area contributed by atoms with Gasteiger partial charge < -0.3 is 5.32 Å². The van der Waals surface area contributed by atoms with Gasteiger partial charge >= 0.3 is 0 Å². The molecule has 2 aromatic rings. The molecule has 0 amide bonds. The number of aryl methyl sites for hydroxylation is 2. The van der Waals surface area contributed by atoms with E-state index in [-0.39, 0.29) is 5.41 Å². The van der Waals surface area contributed by atoms with E-state index in [0.717, 1.165) is 19.5 Å². The SMILES string of the molecule is Cc1ccc(C2(c3ccc(C)cc3)C[C@H]2C2=NCCN2)cc1. The van der Waals surface area contributed by atoms with Crippen LogP contribution >= 0.6 is 0 Å². The van der Waals surface area contributed by atoms with Crippen LogP contribution in [0.1, 0.15) is 28.7 Å². The first-order valence-corrected chi connectivity index (χ1v) is 8.13. The highest BCUT2D eigenvalue weighted by molar-refractivity contribution is 5.91. The van der Waals surface area contributed by atoms with Crippen molar-refractivity contribution in [1.82, 2.24) is 5.32 Å². The minimum atomic E-state index is 0.109. The molecule has 1 aliphatic carbocycles. The lowest BCUT2D eigenvalue weighted by Gasteiger charge is -2.20. The fourth-order valence-electron chi connectivity index (χ4n) is 3.75. The maximum absolute atomic E-state index is 4.68. The first kappa shape index (κ1) is 13.6. The molecule has 0 saturated heterocycles. The summed E-state index contributed by atoms with van der Waals surface area (Å²) in [5.41, 5.74) is 5.58. The van der Waals surface area contributed by atoms with Crippen LogP contribution in [-0.4, -0.2) is 18.9 Å². The number of amidine groups is 1. The van der Waals surface area contributed by atoms with Gasteiger partial charge in [0.15, 0.2) is 0 Å². The Morgan fingerprint density at radius 3 is 1.91 bits per heavy atom. The average molecular weight is 290 g/mol. The molecule has 0 radical (unpaired) electrons. The largest absolute Gasteiger partial charge is 0.372 e. The summed E-state index contributed by atoms with van der Waals surface area (Å²) in [6.45, 7) is 6.21. The molecule has 2 heteroatoms. The number of hydrogen-bond acceptors (Lipinski definition) is 2. The van der Waals surface area contributed by atoms with Crippen LogP contribution < -0.4 is 5.32 Å². The number of aliphatic imine (C=N–C) groups is 1. The van der Waals surface area contributed by atoms with Crippen molar-refractivity contribution in [1.29, 1.82) is 0 Å². The maximum Gasteiger partial charge on any atom is 0.101 e. The lowest BCUT2D eigenvalue weighted by atomic mass is 9.84. The highest BCUT2D eigenvalue weighted by Crippen LogP contribution is 2.59. The number of benzene rings is 2. The van der Waals surface area contributed by atoms with E-state index in [1.54, 1.807) is 0 Å². The van der Waals surface area contributed by atoms with E-state index in [4.69, 9.17) is 0 Å². The van der Waals surface area contributed by atoms with E-state index >= 15 is 0 Å². The van der Waals surface area contributed by atoms with Crippen LogP contribution in [0, 0.1) is 19.8 Å². The van der Waals surface area contributed by atoms with Crippen LogP contribution in [0.15, 0.2) is 53.5 Å². The standard InChI is InChI=1S/C20H22N2/c1-14-3-7-16(8-4-14)20(17-9-5-15(2)6-10-17)13-18(20)19-21-11-12-22-19/h3-10,18H,11-13H2,1-2H3,(H,21,22)/t18-/m0/s1. The number of rotatable bonds is 3. The zero-order valence-corrected chi connectivity index (χ0v) is 13.3.